The lowest BCUT2D eigenvalue weighted by Gasteiger charge is -2.41. The van der Waals surface area contributed by atoms with Crippen molar-refractivity contribution in [1.29, 1.82) is 0 Å². The van der Waals surface area contributed by atoms with Crippen LogP contribution in [0.15, 0.2) is 0 Å². The van der Waals surface area contributed by atoms with Gasteiger partial charge in [0.25, 0.3) is 0 Å². The number of nitrogens with one attached hydrogen (secondary N) is 1. The second-order valence-corrected chi connectivity index (χ2v) is 10.2. The molecule has 0 aromatic heterocycles. The standard InChI is InChI=1S/C20H31NO2/c1-17(2)13-7-9-20(11-13,15(17)22)16(23)21-14-10-12-6-8-19(14,5)18(12,3)4/h12-14H,6-11H2,1-5H3,(H,21,23). The molecule has 23 heavy (non-hydrogen) atoms. The van der Waals surface area contributed by atoms with E-state index in [-0.39, 0.29) is 28.6 Å². The Bertz CT molecular complexity index is 592. The highest BCUT2D eigenvalue weighted by atomic mass is 16.2. The molecule has 5 atom stereocenters. The molecular formula is C20H31NO2. The number of amides is 1. The Balaban J connectivity index is 1.58. The Morgan fingerprint density at radius 2 is 1.70 bits per heavy atom. The van der Waals surface area contributed by atoms with Crippen molar-refractivity contribution in [3.63, 3.8) is 0 Å². The van der Waals surface area contributed by atoms with E-state index in [2.05, 4.69) is 26.1 Å². The lowest BCUT2D eigenvalue weighted by Crippen LogP contribution is -2.54. The summed E-state index contributed by atoms with van der Waals surface area (Å²) in [6.45, 7) is 11.2. The predicted octanol–water partition coefficient (Wildman–Crippen LogP) is 3.71. The summed E-state index contributed by atoms with van der Waals surface area (Å²) in [5.41, 5.74) is -0.553. The Hall–Kier alpha value is -0.860. The number of fused-ring (bicyclic) bond motifs is 4. The number of hydrogen-bond donors (Lipinski definition) is 1. The summed E-state index contributed by atoms with van der Waals surface area (Å²) < 4.78 is 0. The van der Waals surface area contributed by atoms with E-state index in [4.69, 9.17) is 0 Å². The van der Waals surface area contributed by atoms with Crippen LogP contribution in [0.4, 0.5) is 0 Å². The Morgan fingerprint density at radius 3 is 2.17 bits per heavy atom. The van der Waals surface area contributed by atoms with Gasteiger partial charge in [-0.25, -0.2) is 0 Å². The first-order valence-corrected chi connectivity index (χ1v) is 9.41. The molecule has 0 heterocycles. The molecule has 4 aliphatic rings. The van der Waals surface area contributed by atoms with Gasteiger partial charge < -0.3 is 5.32 Å². The first kappa shape index (κ1) is 15.7. The number of ketones is 1. The van der Waals surface area contributed by atoms with Crippen molar-refractivity contribution < 1.29 is 9.59 Å². The molecule has 0 saturated heterocycles. The predicted molar refractivity (Wildman–Crippen MR) is 89.7 cm³/mol. The van der Waals surface area contributed by atoms with Gasteiger partial charge in [-0.3, -0.25) is 9.59 Å². The fourth-order valence-corrected chi connectivity index (χ4v) is 6.70. The van der Waals surface area contributed by atoms with Crippen LogP contribution in [0.25, 0.3) is 0 Å². The van der Waals surface area contributed by atoms with Gasteiger partial charge in [-0.05, 0) is 61.2 Å². The van der Waals surface area contributed by atoms with Crippen LogP contribution in [0, 0.1) is 33.5 Å². The highest BCUT2D eigenvalue weighted by molar-refractivity contribution is 6.10. The van der Waals surface area contributed by atoms with Crippen molar-refractivity contribution >= 4 is 11.7 Å². The summed E-state index contributed by atoms with van der Waals surface area (Å²) in [4.78, 5) is 26.1. The van der Waals surface area contributed by atoms with Crippen molar-refractivity contribution in [3.05, 3.63) is 0 Å². The summed E-state index contributed by atoms with van der Waals surface area (Å²) in [5.74, 6) is 1.35. The fourth-order valence-electron chi connectivity index (χ4n) is 6.70. The Labute approximate surface area is 140 Å². The number of Topliss-reactive ketones (excluding diaryl/α,β-unsaturated/α-hetero) is 1. The van der Waals surface area contributed by atoms with Gasteiger partial charge in [0.15, 0.2) is 5.78 Å². The maximum atomic E-state index is 13.2. The van der Waals surface area contributed by atoms with Gasteiger partial charge in [0.2, 0.25) is 5.91 Å². The molecule has 1 amide bonds. The fraction of sp³-hybridized carbons (Fsp3) is 0.900. The third kappa shape index (κ3) is 1.62. The highest BCUT2D eigenvalue weighted by Crippen LogP contribution is 2.66. The maximum absolute atomic E-state index is 13.2. The van der Waals surface area contributed by atoms with E-state index in [9.17, 15) is 9.59 Å². The van der Waals surface area contributed by atoms with E-state index in [1.165, 1.54) is 12.8 Å². The van der Waals surface area contributed by atoms with Crippen LogP contribution in [0.5, 0.6) is 0 Å². The molecule has 5 unspecified atom stereocenters. The minimum Gasteiger partial charge on any atom is -0.352 e. The van der Waals surface area contributed by atoms with Crippen molar-refractivity contribution in [2.75, 3.05) is 0 Å². The quantitative estimate of drug-likeness (QED) is 0.789. The number of carbonyl (C=O) groups is 2. The van der Waals surface area contributed by atoms with E-state index < -0.39 is 5.41 Å². The van der Waals surface area contributed by atoms with Crippen LogP contribution in [-0.4, -0.2) is 17.7 Å². The van der Waals surface area contributed by atoms with Gasteiger partial charge in [-0.2, -0.15) is 0 Å². The maximum Gasteiger partial charge on any atom is 0.233 e. The van der Waals surface area contributed by atoms with Gasteiger partial charge in [-0.1, -0.05) is 34.6 Å². The van der Waals surface area contributed by atoms with E-state index in [0.29, 0.717) is 17.3 Å². The average Bonchev–Trinajstić information content (AvgIpc) is 3.11. The van der Waals surface area contributed by atoms with Gasteiger partial charge in [0, 0.05) is 11.5 Å². The SMILES string of the molecule is CC1(C)C(=O)C2(C(=O)NC3CC4CCC3(C)C4(C)C)CCC1C2. The number of carbonyl (C=O) groups excluding carboxylic acids is 2. The molecule has 128 valence electrons. The van der Waals surface area contributed by atoms with Crippen LogP contribution in [0.1, 0.15) is 73.1 Å². The summed E-state index contributed by atoms with van der Waals surface area (Å²) in [6, 6.07) is 0.244. The van der Waals surface area contributed by atoms with Crippen molar-refractivity contribution in [1.82, 2.24) is 5.32 Å². The molecule has 0 spiro atoms. The van der Waals surface area contributed by atoms with Gasteiger partial charge >= 0.3 is 0 Å². The normalized spacial score (nSPS) is 48.9. The van der Waals surface area contributed by atoms with Gasteiger partial charge in [0.1, 0.15) is 5.41 Å². The second-order valence-electron chi connectivity index (χ2n) is 10.2. The number of hydrogen-bond acceptors (Lipinski definition) is 2. The average molecular weight is 317 g/mol. The van der Waals surface area contributed by atoms with Crippen molar-refractivity contribution in [3.8, 4) is 0 Å². The lowest BCUT2D eigenvalue weighted by atomic mass is 9.68. The molecule has 0 aliphatic heterocycles. The molecule has 4 fully saturated rings. The van der Waals surface area contributed by atoms with E-state index >= 15 is 0 Å². The smallest absolute Gasteiger partial charge is 0.233 e. The molecular weight excluding hydrogens is 286 g/mol. The van der Waals surface area contributed by atoms with Crippen LogP contribution >= 0.6 is 0 Å². The largest absolute Gasteiger partial charge is 0.352 e. The number of rotatable bonds is 2. The van der Waals surface area contributed by atoms with E-state index in [1.54, 1.807) is 0 Å². The van der Waals surface area contributed by atoms with Crippen LogP contribution in [-0.2, 0) is 9.59 Å². The molecule has 1 N–H and O–H groups in total. The molecule has 4 bridgehead atoms. The van der Waals surface area contributed by atoms with Crippen LogP contribution in [0.3, 0.4) is 0 Å². The summed E-state index contributed by atoms with van der Waals surface area (Å²) in [6.07, 6.45) is 6.15. The summed E-state index contributed by atoms with van der Waals surface area (Å²) in [5, 5.41) is 3.38. The highest BCUT2D eigenvalue weighted by Gasteiger charge is 2.67. The summed E-state index contributed by atoms with van der Waals surface area (Å²) >= 11 is 0. The van der Waals surface area contributed by atoms with Crippen molar-refractivity contribution in [2.45, 2.75) is 79.2 Å². The zero-order valence-electron chi connectivity index (χ0n) is 15.3. The Kier molecular flexibility index (Phi) is 2.86. The van der Waals surface area contributed by atoms with Crippen LogP contribution < -0.4 is 5.32 Å². The first-order valence-electron chi connectivity index (χ1n) is 9.41. The lowest BCUT2D eigenvalue weighted by molar-refractivity contribution is -0.146. The molecule has 4 aliphatic carbocycles. The van der Waals surface area contributed by atoms with Gasteiger partial charge in [0.05, 0.1) is 0 Å². The van der Waals surface area contributed by atoms with Crippen LogP contribution in [0.2, 0.25) is 0 Å². The minimum absolute atomic E-state index is 0.0464. The minimum atomic E-state index is -0.712. The molecule has 3 nitrogen and oxygen atoms in total. The second kappa shape index (κ2) is 4.21. The topological polar surface area (TPSA) is 46.2 Å². The summed E-state index contributed by atoms with van der Waals surface area (Å²) in [7, 11) is 0. The monoisotopic (exact) mass is 317 g/mol. The van der Waals surface area contributed by atoms with Gasteiger partial charge in [-0.15, -0.1) is 0 Å². The van der Waals surface area contributed by atoms with E-state index in [0.717, 1.165) is 25.7 Å². The third-order valence-corrected chi connectivity index (χ3v) is 9.09. The zero-order valence-corrected chi connectivity index (χ0v) is 15.3. The molecule has 3 heteroatoms. The third-order valence-electron chi connectivity index (χ3n) is 9.09. The molecule has 4 rings (SSSR count). The first-order chi connectivity index (χ1) is 10.6. The van der Waals surface area contributed by atoms with Crippen molar-refractivity contribution in [2.24, 2.45) is 33.5 Å². The Morgan fingerprint density at radius 1 is 1.04 bits per heavy atom. The zero-order chi connectivity index (χ0) is 16.8. The molecule has 4 saturated carbocycles. The molecule has 0 aromatic rings. The molecule has 0 aromatic carbocycles. The molecule has 0 radical (unpaired) electrons. The van der Waals surface area contributed by atoms with E-state index in [1.807, 2.05) is 13.8 Å².